The minimum absolute atomic E-state index is 0.0272. The molecule has 0 radical (unpaired) electrons. The van der Waals surface area contributed by atoms with Crippen LogP contribution in [0.3, 0.4) is 0 Å². The molecule has 0 saturated carbocycles. The van der Waals surface area contributed by atoms with Gasteiger partial charge in [-0.25, -0.2) is 0 Å². The third-order valence-electron chi connectivity index (χ3n) is 2.74. The van der Waals surface area contributed by atoms with Gasteiger partial charge in [0.1, 0.15) is 0 Å². The van der Waals surface area contributed by atoms with E-state index in [4.69, 9.17) is 16.3 Å². The van der Waals surface area contributed by atoms with Crippen molar-refractivity contribution in [2.45, 2.75) is 39.7 Å². The molecule has 0 amide bonds. The Hall–Kier alpha value is -1.88. The minimum Gasteiger partial charge on any atom is -0.461 e. The van der Waals surface area contributed by atoms with Crippen molar-refractivity contribution in [3.05, 3.63) is 35.1 Å². The van der Waals surface area contributed by atoms with Crippen LogP contribution in [-0.4, -0.2) is 21.1 Å². The van der Waals surface area contributed by atoms with Gasteiger partial charge in [-0.05, 0) is 49.1 Å². The van der Waals surface area contributed by atoms with Crippen molar-refractivity contribution in [3.8, 4) is 6.01 Å². The van der Waals surface area contributed by atoms with E-state index in [0.29, 0.717) is 11.9 Å². The molecule has 1 aromatic carbocycles. The van der Waals surface area contributed by atoms with Crippen LogP contribution in [0.2, 0.25) is 5.28 Å². The molecule has 0 unspecified atom stereocenters. The van der Waals surface area contributed by atoms with E-state index < -0.39 is 0 Å². The van der Waals surface area contributed by atoms with Gasteiger partial charge in [0, 0.05) is 5.69 Å². The summed E-state index contributed by atoms with van der Waals surface area (Å²) in [5, 5.41) is 3.23. The molecule has 0 aliphatic carbocycles. The topological polar surface area (TPSA) is 59.9 Å². The Labute approximate surface area is 129 Å². The Morgan fingerprint density at radius 3 is 2.52 bits per heavy atom. The summed E-state index contributed by atoms with van der Waals surface area (Å²) in [6.07, 6.45) is -0.0272. The van der Waals surface area contributed by atoms with E-state index in [1.807, 2.05) is 26.0 Å². The summed E-state index contributed by atoms with van der Waals surface area (Å²) < 4.78 is 5.45. The second kappa shape index (κ2) is 6.72. The number of anilines is 2. The lowest BCUT2D eigenvalue weighted by Crippen LogP contribution is -2.10. The highest BCUT2D eigenvalue weighted by molar-refractivity contribution is 6.28. The molecule has 0 aliphatic rings. The molecule has 1 heterocycles. The van der Waals surface area contributed by atoms with E-state index in [9.17, 15) is 0 Å². The van der Waals surface area contributed by atoms with Crippen molar-refractivity contribution in [2.24, 2.45) is 0 Å². The number of benzene rings is 1. The van der Waals surface area contributed by atoms with Crippen LogP contribution in [-0.2, 0) is 0 Å². The maximum absolute atomic E-state index is 5.90. The molecule has 5 nitrogen and oxygen atoms in total. The van der Waals surface area contributed by atoms with Crippen LogP contribution >= 0.6 is 11.6 Å². The molecular formula is C15H19ClN4O. The molecule has 0 bridgehead atoms. The van der Waals surface area contributed by atoms with Crippen molar-refractivity contribution < 1.29 is 4.74 Å². The SMILES string of the molecule is CC(C)Oc1nc(Cl)nc(Nc2cccc(C(C)C)c2)n1. The van der Waals surface area contributed by atoms with Crippen molar-refractivity contribution in [1.82, 2.24) is 15.0 Å². The highest BCUT2D eigenvalue weighted by Crippen LogP contribution is 2.21. The van der Waals surface area contributed by atoms with Gasteiger partial charge in [-0.2, -0.15) is 15.0 Å². The lowest BCUT2D eigenvalue weighted by atomic mass is 10.0. The molecule has 0 atom stereocenters. The maximum Gasteiger partial charge on any atom is 0.322 e. The minimum atomic E-state index is -0.0272. The number of aromatic nitrogens is 3. The van der Waals surface area contributed by atoms with Crippen LogP contribution in [0.5, 0.6) is 6.01 Å². The largest absolute Gasteiger partial charge is 0.461 e. The molecule has 0 aliphatic heterocycles. The molecule has 0 spiro atoms. The van der Waals surface area contributed by atoms with Gasteiger partial charge in [0.15, 0.2) is 0 Å². The van der Waals surface area contributed by atoms with Crippen LogP contribution in [0, 0.1) is 0 Å². The molecule has 1 N–H and O–H groups in total. The fraction of sp³-hybridized carbons (Fsp3) is 0.400. The average Bonchev–Trinajstić information content (AvgIpc) is 2.37. The van der Waals surface area contributed by atoms with E-state index in [1.54, 1.807) is 0 Å². The molecule has 6 heteroatoms. The first-order valence-electron chi connectivity index (χ1n) is 6.89. The summed E-state index contributed by atoms with van der Waals surface area (Å²) in [7, 11) is 0. The Morgan fingerprint density at radius 1 is 1.10 bits per heavy atom. The fourth-order valence-corrected chi connectivity index (χ4v) is 1.91. The Balaban J connectivity index is 2.22. The predicted molar refractivity (Wildman–Crippen MR) is 84.4 cm³/mol. The van der Waals surface area contributed by atoms with Gasteiger partial charge < -0.3 is 10.1 Å². The molecular weight excluding hydrogens is 288 g/mol. The monoisotopic (exact) mass is 306 g/mol. The van der Waals surface area contributed by atoms with Gasteiger partial charge in [-0.15, -0.1) is 0 Å². The number of hydrogen-bond donors (Lipinski definition) is 1. The second-order valence-corrected chi connectivity index (χ2v) is 5.62. The summed E-state index contributed by atoms with van der Waals surface area (Å²) in [5.74, 6) is 0.820. The van der Waals surface area contributed by atoms with Crippen LogP contribution in [0.25, 0.3) is 0 Å². The summed E-state index contributed by atoms with van der Waals surface area (Å²) in [6.45, 7) is 8.09. The number of hydrogen-bond acceptors (Lipinski definition) is 5. The van der Waals surface area contributed by atoms with E-state index in [1.165, 1.54) is 5.56 Å². The normalized spacial score (nSPS) is 11.0. The first kappa shape index (κ1) is 15.5. The van der Waals surface area contributed by atoms with Crippen molar-refractivity contribution in [2.75, 3.05) is 5.32 Å². The van der Waals surface area contributed by atoms with Crippen LogP contribution in [0.15, 0.2) is 24.3 Å². The third-order valence-corrected chi connectivity index (χ3v) is 2.91. The van der Waals surface area contributed by atoms with Crippen LogP contribution in [0.4, 0.5) is 11.6 Å². The summed E-state index contributed by atoms with van der Waals surface area (Å²) in [6, 6.07) is 8.31. The summed E-state index contributed by atoms with van der Waals surface area (Å²) in [5.41, 5.74) is 2.14. The van der Waals surface area contributed by atoms with Gasteiger partial charge in [-0.1, -0.05) is 26.0 Å². The highest BCUT2D eigenvalue weighted by Gasteiger charge is 2.08. The molecule has 2 rings (SSSR count). The van der Waals surface area contributed by atoms with E-state index in [2.05, 4.69) is 46.2 Å². The number of ether oxygens (including phenoxy) is 1. The zero-order valence-corrected chi connectivity index (χ0v) is 13.3. The van der Waals surface area contributed by atoms with E-state index in [-0.39, 0.29) is 17.4 Å². The second-order valence-electron chi connectivity index (χ2n) is 5.28. The van der Waals surface area contributed by atoms with Gasteiger partial charge in [0.05, 0.1) is 6.10 Å². The number of rotatable bonds is 5. The fourth-order valence-electron chi connectivity index (χ4n) is 1.76. The zero-order chi connectivity index (χ0) is 15.4. The van der Waals surface area contributed by atoms with Crippen molar-refractivity contribution in [1.29, 1.82) is 0 Å². The number of nitrogens with one attached hydrogen (secondary N) is 1. The van der Waals surface area contributed by atoms with Gasteiger partial charge in [0.2, 0.25) is 11.2 Å². The van der Waals surface area contributed by atoms with Gasteiger partial charge in [0.25, 0.3) is 0 Å². The van der Waals surface area contributed by atoms with Gasteiger partial charge in [-0.3, -0.25) is 0 Å². The van der Waals surface area contributed by atoms with Gasteiger partial charge >= 0.3 is 6.01 Å². The standard InChI is InChI=1S/C15H19ClN4O/c1-9(2)11-6-5-7-12(8-11)17-14-18-13(16)19-15(20-14)21-10(3)4/h5-10H,1-4H3,(H,17,18,19,20). The number of halogens is 1. The lowest BCUT2D eigenvalue weighted by molar-refractivity contribution is 0.222. The molecule has 112 valence electrons. The third kappa shape index (κ3) is 4.56. The number of nitrogens with zero attached hydrogens (tertiary/aromatic N) is 3. The molecule has 21 heavy (non-hydrogen) atoms. The molecule has 0 saturated heterocycles. The summed E-state index contributed by atoms with van der Waals surface area (Å²) >= 11 is 5.90. The first-order valence-corrected chi connectivity index (χ1v) is 7.27. The van der Waals surface area contributed by atoms with Crippen molar-refractivity contribution >= 4 is 23.2 Å². The van der Waals surface area contributed by atoms with E-state index >= 15 is 0 Å². The quantitative estimate of drug-likeness (QED) is 0.898. The Kier molecular flexibility index (Phi) is 4.96. The van der Waals surface area contributed by atoms with Crippen LogP contribution < -0.4 is 10.1 Å². The Bertz CT molecular complexity index is 616. The maximum atomic E-state index is 5.90. The molecule has 1 aromatic heterocycles. The Morgan fingerprint density at radius 2 is 1.86 bits per heavy atom. The molecule has 0 fully saturated rings. The predicted octanol–water partition coefficient (Wildman–Crippen LogP) is 4.18. The highest BCUT2D eigenvalue weighted by atomic mass is 35.5. The molecule has 2 aromatic rings. The first-order chi connectivity index (χ1) is 9.94. The summed E-state index contributed by atoms with van der Waals surface area (Å²) in [4.78, 5) is 12.2. The lowest BCUT2D eigenvalue weighted by Gasteiger charge is -2.11. The smallest absolute Gasteiger partial charge is 0.322 e. The average molecular weight is 307 g/mol. The zero-order valence-electron chi connectivity index (χ0n) is 12.6. The van der Waals surface area contributed by atoms with E-state index in [0.717, 1.165) is 5.69 Å². The van der Waals surface area contributed by atoms with Crippen LogP contribution in [0.1, 0.15) is 39.2 Å². The van der Waals surface area contributed by atoms with Crippen molar-refractivity contribution in [3.63, 3.8) is 0 Å².